The zero-order valence-electron chi connectivity index (χ0n) is 10.9. The van der Waals surface area contributed by atoms with Gasteiger partial charge in [-0.25, -0.2) is 0 Å². The molecule has 0 atom stereocenters. The largest absolute Gasteiger partial charge is 0.434 e. The van der Waals surface area contributed by atoms with Crippen molar-refractivity contribution in [1.82, 2.24) is 5.32 Å². The lowest BCUT2D eigenvalue weighted by Crippen LogP contribution is -2.39. The highest BCUT2D eigenvalue weighted by atomic mass is 79.9. The van der Waals surface area contributed by atoms with Gasteiger partial charge < -0.3 is 15.2 Å². The van der Waals surface area contributed by atoms with Gasteiger partial charge >= 0.3 is 6.61 Å². The summed E-state index contributed by atoms with van der Waals surface area (Å²) in [6.07, 6.45) is 0.640. The molecule has 19 heavy (non-hydrogen) atoms. The normalized spacial score (nSPS) is 11.9. The zero-order chi connectivity index (χ0) is 14.5. The first-order chi connectivity index (χ1) is 8.84. The van der Waals surface area contributed by atoms with Crippen LogP contribution in [0.5, 0.6) is 5.75 Å². The van der Waals surface area contributed by atoms with E-state index in [4.69, 9.17) is 5.11 Å². The monoisotopic (exact) mass is 337 g/mol. The molecule has 0 unspecified atom stereocenters. The summed E-state index contributed by atoms with van der Waals surface area (Å²) in [5.41, 5.74) is 0.763. The van der Waals surface area contributed by atoms with Gasteiger partial charge in [0.1, 0.15) is 5.75 Å². The SMILES string of the molecule is CC(C)(CCO)NCc1ccc(OC(F)F)c(Br)c1. The van der Waals surface area contributed by atoms with E-state index in [1.807, 2.05) is 13.8 Å². The van der Waals surface area contributed by atoms with E-state index in [1.54, 1.807) is 12.1 Å². The second-order valence-corrected chi connectivity index (χ2v) is 5.71. The van der Waals surface area contributed by atoms with Crippen LogP contribution in [0.4, 0.5) is 8.78 Å². The summed E-state index contributed by atoms with van der Waals surface area (Å²) < 4.78 is 29.1. The van der Waals surface area contributed by atoms with E-state index in [0.29, 0.717) is 17.4 Å². The number of aliphatic hydroxyl groups excluding tert-OH is 1. The second kappa shape index (κ2) is 7.17. The number of alkyl halides is 2. The average molecular weight is 338 g/mol. The Bertz CT molecular complexity index is 414. The standard InChI is InChI=1S/C13H18BrF2NO2/c1-13(2,5-6-18)17-8-9-3-4-11(10(14)7-9)19-12(15)16/h3-4,7,12,17-18H,5-6,8H2,1-2H3. The van der Waals surface area contributed by atoms with Crippen LogP contribution in [0.25, 0.3) is 0 Å². The Hall–Kier alpha value is -0.720. The third-order valence-electron chi connectivity index (χ3n) is 2.72. The molecule has 2 N–H and O–H groups in total. The lowest BCUT2D eigenvalue weighted by Gasteiger charge is -2.25. The maximum Gasteiger partial charge on any atom is 0.387 e. The first-order valence-electron chi connectivity index (χ1n) is 5.93. The van der Waals surface area contributed by atoms with Crippen LogP contribution < -0.4 is 10.1 Å². The lowest BCUT2D eigenvalue weighted by atomic mass is 10.0. The van der Waals surface area contributed by atoms with E-state index in [1.165, 1.54) is 6.07 Å². The molecule has 108 valence electrons. The molecule has 0 spiro atoms. The summed E-state index contributed by atoms with van der Waals surface area (Å²) in [5, 5.41) is 12.2. The highest BCUT2D eigenvalue weighted by molar-refractivity contribution is 9.10. The van der Waals surface area contributed by atoms with Crippen molar-refractivity contribution in [2.45, 2.75) is 39.0 Å². The fraction of sp³-hybridized carbons (Fsp3) is 0.538. The molecule has 0 amide bonds. The molecule has 0 saturated heterocycles. The van der Waals surface area contributed by atoms with Crippen LogP contribution in [0.2, 0.25) is 0 Å². The first-order valence-corrected chi connectivity index (χ1v) is 6.72. The molecular formula is C13H18BrF2NO2. The lowest BCUT2D eigenvalue weighted by molar-refractivity contribution is -0.0503. The summed E-state index contributed by atoms with van der Waals surface area (Å²) in [6, 6.07) is 4.97. The van der Waals surface area contributed by atoms with Crippen LogP contribution >= 0.6 is 15.9 Å². The number of benzene rings is 1. The summed E-state index contributed by atoms with van der Waals surface area (Å²) in [5.74, 6) is 0.119. The average Bonchev–Trinajstić information content (AvgIpc) is 2.29. The Kier molecular flexibility index (Phi) is 6.16. The van der Waals surface area contributed by atoms with Gasteiger partial charge in [0.15, 0.2) is 0 Å². The van der Waals surface area contributed by atoms with Crippen molar-refractivity contribution in [1.29, 1.82) is 0 Å². The maximum atomic E-state index is 12.1. The van der Waals surface area contributed by atoms with Crippen molar-refractivity contribution in [3.63, 3.8) is 0 Å². The molecule has 0 aromatic heterocycles. The summed E-state index contributed by atoms with van der Waals surface area (Å²) in [6.45, 7) is 1.86. The van der Waals surface area contributed by atoms with E-state index in [9.17, 15) is 8.78 Å². The van der Waals surface area contributed by atoms with Gasteiger partial charge in [0.25, 0.3) is 0 Å². The van der Waals surface area contributed by atoms with E-state index in [-0.39, 0.29) is 17.9 Å². The molecule has 0 bridgehead atoms. The van der Waals surface area contributed by atoms with Gasteiger partial charge in [0.2, 0.25) is 0 Å². The van der Waals surface area contributed by atoms with Crippen LogP contribution in [-0.4, -0.2) is 23.9 Å². The Labute approximate surface area is 120 Å². The molecule has 0 aliphatic rings. The molecular weight excluding hydrogens is 320 g/mol. The topological polar surface area (TPSA) is 41.5 Å². The quantitative estimate of drug-likeness (QED) is 0.802. The Morgan fingerprint density at radius 1 is 1.42 bits per heavy atom. The van der Waals surface area contributed by atoms with E-state index in [2.05, 4.69) is 26.0 Å². The van der Waals surface area contributed by atoms with Crippen LogP contribution in [0.15, 0.2) is 22.7 Å². The first kappa shape index (κ1) is 16.3. The minimum atomic E-state index is -2.83. The molecule has 1 aromatic carbocycles. The molecule has 0 aliphatic heterocycles. The predicted octanol–water partition coefficient (Wildman–Crippen LogP) is 3.30. The number of halogens is 3. The van der Waals surface area contributed by atoms with E-state index < -0.39 is 6.61 Å². The van der Waals surface area contributed by atoms with Gasteiger partial charge in [0, 0.05) is 18.7 Å². The van der Waals surface area contributed by atoms with E-state index in [0.717, 1.165) is 5.56 Å². The highest BCUT2D eigenvalue weighted by Crippen LogP contribution is 2.27. The van der Waals surface area contributed by atoms with Crippen LogP contribution in [0, 0.1) is 0 Å². The highest BCUT2D eigenvalue weighted by Gasteiger charge is 2.16. The van der Waals surface area contributed by atoms with Crippen molar-refractivity contribution in [2.24, 2.45) is 0 Å². The third kappa shape index (κ3) is 5.84. The fourth-order valence-electron chi connectivity index (χ4n) is 1.56. The summed E-state index contributed by atoms with van der Waals surface area (Å²) in [7, 11) is 0. The van der Waals surface area contributed by atoms with Crippen molar-refractivity contribution in [3.8, 4) is 5.75 Å². The smallest absolute Gasteiger partial charge is 0.387 e. The number of nitrogens with one attached hydrogen (secondary N) is 1. The number of hydrogen-bond donors (Lipinski definition) is 2. The predicted molar refractivity (Wildman–Crippen MR) is 73.4 cm³/mol. The van der Waals surface area contributed by atoms with Gasteiger partial charge in [-0.3, -0.25) is 0 Å². The van der Waals surface area contributed by atoms with Gasteiger partial charge in [-0.15, -0.1) is 0 Å². The third-order valence-corrected chi connectivity index (χ3v) is 3.34. The summed E-state index contributed by atoms with van der Waals surface area (Å²) >= 11 is 3.20. The number of rotatable bonds is 7. The molecule has 0 heterocycles. The van der Waals surface area contributed by atoms with Crippen molar-refractivity contribution < 1.29 is 18.6 Å². The van der Waals surface area contributed by atoms with Gasteiger partial charge in [-0.05, 0) is 53.9 Å². The van der Waals surface area contributed by atoms with E-state index >= 15 is 0 Å². The molecule has 0 saturated carbocycles. The van der Waals surface area contributed by atoms with Crippen molar-refractivity contribution in [3.05, 3.63) is 28.2 Å². The number of hydrogen-bond acceptors (Lipinski definition) is 3. The van der Waals surface area contributed by atoms with Crippen molar-refractivity contribution >= 4 is 15.9 Å². The maximum absolute atomic E-state index is 12.1. The molecule has 6 heteroatoms. The van der Waals surface area contributed by atoms with Gasteiger partial charge in [-0.2, -0.15) is 8.78 Å². The molecule has 0 fully saturated rings. The fourth-order valence-corrected chi connectivity index (χ4v) is 2.07. The molecule has 0 radical (unpaired) electrons. The van der Waals surface area contributed by atoms with Crippen LogP contribution in [0.3, 0.4) is 0 Å². The minimum Gasteiger partial charge on any atom is -0.434 e. The molecule has 0 aliphatic carbocycles. The van der Waals surface area contributed by atoms with Crippen molar-refractivity contribution in [2.75, 3.05) is 6.61 Å². The number of ether oxygens (including phenoxy) is 1. The Morgan fingerprint density at radius 3 is 2.63 bits per heavy atom. The Morgan fingerprint density at radius 2 is 2.11 bits per heavy atom. The molecule has 1 aromatic rings. The molecule has 3 nitrogen and oxygen atoms in total. The van der Waals surface area contributed by atoms with Gasteiger partial charge in [-0.1, -0.05) is 6.07 Å². The van der Waals surface area contributed by atoms with Crippen LogP contribution in [-0.2, 0) is 6.54 Å². The second-order valence-electron chi connectivity index (χ2n) is 4.85. The zero-order valence-corrected chi connectivity index (χ0v) is 12.5. The number of aliphatic hydroxyl groups is 1. The Balaban J connectivity index is 2.63. The summed E-state index contributed by atoms with van der Waals surface area (Å²) in [4.78, 5) is 0. The minimum absolute atomic E-state index is 0.116. The van der Waals surface area contributed by atoms with Crippen LogP contribution in [0.1, 0.15) is 25.8 Å². The molecule has 1 rings (SSSR count). The van der Waals surface area contributed by atoms with Gasteiger partial charge in [0.05, 0.1) is 4.47 Å².